The van der Waals surface area contributed by atoms with Gasteiger partial charge in [-0.2, -0.15) is 13.2 Å². The van der Waals surface area contributed by atoms with Gasteiger partial charge in [0.15, 0.2) is 6.10 Å². The SMILES string of the molecule is Cc1ccccc1OC(=O)CCCC(=O)OC(C)C(F)(F)F. The van der Waals surface area contributed by atoms with E-state index in [9.17, 15) is 22.8 Å². The number of para-hydroxylation sites is 1. The average molecular weight is 318 g/mol. The normalized spacial score (nSPS) is 12.6. The number of hydrogen-bond donors (Lipinski definition) is 0. The van der Waals surface area contributed by atoms with Crippen LogP contribution in [0.25, 0.3) is 0 Å². The van der Waals surface area contributed by atoms with E-state index in [1.54, 1.807) is 31.2 Å². The van der Waals surface area contributed by atoms with Crippen LogP contribution in [-0.2, 0) is 14.3 Å². The highest BCUT2D eigenvalue weighted by molar-refractivity contribution is 5.74. The van der Waals surface area contributed by atoms with Crippen molar-refractivity contribution in [3.8, 4) is 5.75 Å². The molecule has 0 radical (unpaired) electrons. The van der Waals surface area contributed by atoms with E-state index in [1.165, 1.54) is 0 Å². The summed E-state index contributed by atoms with van der Waals surface area (Å²) in [4.78, 5) is 22.8. The zero-order valence-electron chi connectivity index (χ0n) is 12.3. The van der Waals surface area contributed by atoms with Crippen molar-refractivity contribution in [1.82, 2.24) is 0 Å². The van der Waals surface area contributed by atoms with Gasteiger partial charge in [-0.15, -0.1) is 0 Å². The molecule has 0 aliphatic carbocycles. The molecule has 0 heterocycles. The molecule has 122 valence electrons. The van der Waals surface area contributed by atoms with Gasteiger partial charge < -0.3 is 9.47 Å². The van der Waals surface area contributed by atoms with Gasteiger partial charge in [0, 0.05) is 12.8 Å². The van der Waals surface area contributed by atoms with Crippen LogP contribution in [0.15, 0.2) is 24.3 Å². The Morgan fingerprint density at radius 2 is 1.73 bits per heavy atom. The molecule has 0 fully saturated rings. The molecule has 7 heteroatoms. The zero-order valence-corrected chi connectivity index (χ0v) is 12.3. The minimum Gasteiger partial charge on any atom is -0.453 e. The third-order valence-electron chi connectivity index (χ3n) is 2.85. The first-order valence-electron chi connectivity index (χ1n) is 6.72. The largest absolute Gasteiger partial charge is 0.453 e. The number of esters is 2. The number of halogens is 3. The van der Waals surface area contributed by atoms with E-state index in [0.29, 0.717) is 5.75 Å². The van der Waals surface area contributed by atoms with E-state index in [4.69, 9.17) is 4.74 Å². The topological polar surface area (TPSA) is 52.6 Å². The van der Waals surface area contributed by atoms with Crippen LogP contribution < -0.4 is 4.74 Å². The Bertz CT molecular complexity index is 526. The minimum absolute atomic E-state index is 0.0636. The van der Waals surface area contributed by atoms with Crippen LogP contribution in [0.5, 0.6) is 5.75 Å². The van der Waals surface area contributed by atoms with Crippen molar-refractivity contribution in [3.05, 3.63) is 29.8 Å². The Morgan fingerprint density at radius 3 is 2.32 bits per heavy atom. The second-order valence-corrected chi connectivity index (χ2v) is 4.77. The summed E-state index contributed by atoms with van der Waals surface area (Å²) in [6, 6.07) is 6.92. The molecule has 0 saturated heterocycles. The minimum atomic E-state index is -4.58. The summed E-state index contributed by atoms with van der Waals surface area (Å²) in [5.41, 5.74) is 0.786. The van der Waals surface area contributed by atoms with Crippen LogP contribution in [0.1, 0.15) is 31.7 Å². The molecule has 0 bridgehead atoms. The molecule has 0 aliphatic rings. The third-order valence-corrected chi connectivity index (χ3v) is 2.85. The van der Waals surface area contributed by atoms with Crippen LogP contribution in [0.4, 0.5) is 13.2 Å². The van der Waals surface area contributed by atoms with Crippen molar-refractivity contribution >= 4 is 11.9 Å². The first kappa shape index (κ1) is 18.0. The van der Waals surface area contributed by atoms with Gasteiger partial charge in [0.1, 0.15) is 5.75 Å². The van der Waals surface area contributed by atoms with E-state index < -0.39 is 24.2 Å². The molecular weight excluding hydrogens is 301 g/mol. The molecule has 4 nitrogen and oxygen atoms in total. The van der Waals surface area contributed by atoms with Crippen molar-refractivity contribution in [1.29, 1.82) is 0 Å². The van der Waals surface area contributed by atoms with E-state index in [1.807, 2.05) is 0 Å². The quantitative estimate of drug-likeness (QED) is 0.594. The zero-order chi connectivity index (χ0) is 16.8. The fourth-order valence-electron chi connectivity index (χ4n) is 1.54. The summed E-state index contributed by atoms with van der Waals surface area (Å²) < 4.78 is 45.9. The van der Waals surface area contributed by atoms with E-state index in [2.05, 4.69) is 4.74 Å². The lowest BCUT2D eigenvalue weighted by Crippen LogP contribution is -2.30. The van der Waals surface area contributed by atoms with Crippen LogP contribution >= 0.6 is 0 Å². The van der Waals surface area contributed by atoms with Crippen molar-refractivity contribution in [2.45, 2.75) is 45.4 Å². The number of rotatable bonds is 6. The summed E-state index contributed by atoms with van der Waals surface area (Å²) in [5, 5.41) is 0. The molecule has 1 rings (SSSR count). The average Bonchev–Trinajstić information content (AvgIpc) is 2.40. The second kappa shape index (κ2) is 7.82. The summed E-state index contributed by atoms with van der Waals surface area (Å²) in [7, 11) is 0. The number of hydrogen-bond acceptors (Lipinski definition) is 4. The van der Waals surface area contributed by atoms with Gasteiger partial charge in [0.05, 0.1) is 0 Å². The Balaban J connectivity index is 2.31. The van der Waals surface area contributed by atoms with Gasteiger partial charge in [-0.25, -0.2) is 0 Å². The van der Waals surface area contributed by atoms with Gasteiger partial charge in [0.25, 0.3) is 0 Å². The van der Waals surface area contributed by atoms with Gasteiger partial charge in [-0.3, -0.25) is 9.59 Å². The summed E-state index contributed by atoms with van der Waals surface area (Å²) in [6.45, 7) is 2.53. The highest BCUT2D eigenvalue weighted by Gasteiger charge is 2.38. The molecule has 0 N–H and O–H groups in total. The first-order chi connectivity index (χ1) is 10.2. The molecule has 0 aromatic heterocycles. The predicted molar refractivity (Wildman–Crippen MR) is 72.3 cm³/mol. The molecule has 1 aromatic carbocycles. The van der Waals surface area contributed by atoms with Crippen LogP contribution in [0.2, 0.25) is 0 Å². The standard InChI is InChI=1S/C15H17F3O4/c1-10-6-3-4-7-12(10)22-14(20)9-5-8-13(19)21-11(2)15(16,17)18/h3-4,6-7,11H,5,8-9H2,1-2H3. The van der Waals surface area contributed by atoms with Crippen LogP contribution in [-0.4, -0.2) is 24.2 Å². The molecule has 1 unspecified atom stereocenters. The summed E-state index contributed by atoms with van der Waals surface area (Å²) in [6.07, 6.45) is -7.03. The Morgan fingerprint density at radius 1 is 1.14 bits per heavy atom. The van der Waals surface area contributed by atoms with Crippen molar-refractivity contribution < 1.29 is 32.2 Å². The third kappa shape index (κ3) is 6.15. The number of ether oxygens (including phenoxy) is 2. The molecule has 1 atom stereocenters. The maximum absolute atomic E-state index is 12.2. The highest BCUT2D eigenvalue weighted by atomic mass is 19.4. The van der Waals surface area contributed by atoms with Gasteiger partial charge in [-0.1, -0.05) is 18.2 Å². The first-order valence-corrected chi connectivity index (χ1v) is 6.72. The summed E-state index contributed by atoms with van der Waals surface area (Å²) >= 11 is 0. The van der Waals surface area contributed by atoms with Crippen molar-refractivity contribution in [3.63, 3.8) is 0 Å². The van der Waals surface area contributed by atoms with Crippen LogP contribution in [0, 0.1) is 6.92 Å². The molecule has 22 heavy (non-hydrogen) atoms. The number of alkyl halides is 3. The monoisotopic (exact) mass is 318 g/mol. The van der Waals surface area contributed by atoms with Gasteiger partial charge >= 0.3 is 18.1 Å². The van der Waals surface area contributed by atoms with E-state index in [0.717, 1.165) is 12.5 Å². The number of carbonyl (C=O) groups excluding carboxylic acids is 2. The molecule has 0 saturated carbocycles. The fourth-order valence-corrected chi connectivity index (χ4v) is 1.54. The maximum atomic E-state index is 12.2. The predicted octanol–water partition coefficient (Wildman–Crippen LogP) is 3.56. The Labute approximate surface area is 126 Å². The van der Waals surface area contributed by atoms with Gasteiger partial charge in [-0.05, 0) is 31.9 Å². The lowest BCUT2D eigenvalue weighted by molar-refractivity contribution is -0.216. The van der Waals surface area contributed by atoms with Crippen LogP contribution in [0.3, 0.4) is 0 Å². The molecular formula is C15H17F3O4. The van der Waals surface area contributed by atoms with Gasteiger partial charge in [0.2, 0.25) is 0 Å². The number of aryl methyl sites for hydroxylation is 1. The maximum Gasteiger partial charge on any atom is 0.425 e. The Hall–Kier alpha value is -2.05. The molecule has 1 aromatic rings. The number of carbonyl (C=O) groups is 2. The van der Waals surface area contributed by atoms with Crippen molar-refractivity contribution in [2.75, 3.05) is 0 Å². The van der Waals surface area contributed by atoms with E-state index >= 15 is 0 Å². The Kier molecular flexibility index (Phi) is 6.39. The fraction of sp³-hybridized carbons (Fsp3) is 0.467. The summed E-state index contributed by atoms with van der Waals surface area (Å²) in [5.74, 6) is -1.12. The van der Waals surface area contributed by atoms with Crippen molar-refractivity contribution in [2.24, 2.45) is 0 Å². The number of benzene rings is 1. The molecule has 0 spiro atoms. The molecule has 0 amide bonds. The smallest absolute Gasteiger partial charge is 0.425 e. The second-order valence-electron chi connectivity index (χ2n) is 4.77. The van der Waals surface area contributed by atoms with E-state index in [-0.39, 0.29) is 19.3 Å². The lowest BCUT2D eigenvalue weighted by atomic mass is 10.2. The molecule has 0 aliphatic heterocycles. The lowest BCUT2D eigenvalue weighted by Gasteiger charge is -2.16. The highest BCUT2D eigenvalue weighted by Crippen LogP contribution is 2.23.